The molecule has 156 valence electrons. The maximum Gasteiger partial charge on any atom is 0.251 e. The first-order chi connectivity index (χ1) is 15.1. The zero-order valence-corrected chi connectivity index (χ0v) is 18.5. The molecule has 0 atom stereocenters. The van der Waals surface area contributed by atoms with Gasteiger partial charge in [0, 0.05) is 34.3 Å². The van der Waals surface area contributed by atoms with Gasteiger partial charge in [-0.25, -0.2) is 4.68 Å². The lowest BCUT2D eigenvalue weighted by molar-refractivity contribution is 0.0951. The van der Waals surface area contributed by atoms with Crippen molar-refractivity contribution in [3.05, 3.63) is 102 Å². The highest BCUT2D eigenvalue weighted by Crippen LogP contribution is 2.27. The summed E-state index contributed by atoms with van der Waals surface area (Å²) in [6, 6.07) is 26.1. The van der Waals surface area contributed by atoms with E-state index in [4.69, 9.17) is 5.10 Å². The molecule has 0 spiro atoms. The highest BCUT2D eigenvalue weighted by atomic mass is 32.2. The lowest BCUT2D eigenvalue weighted by Crippen LogP contribution is -2.22. The average Bonchev–Trinajstić information content (AvgIpc) is 3.23. The second kappa shape index (κ2) is 9.67. The van der Waals surface area contributed by atoms with E-state index in [2.05, 4.69) is 36.5 Å². The first-order valence-corrected chi connectivity index (χ1v) is 11.3. The number of carbonyl (C=O) groups is 1. The third-order valence-electron chi connectivity index (χ3n) is 5.00. The molecular formula is C26H25N3OS. The molecule has 1 heterocycles. The number of nitrogens with one attached hydrogen (secondary N) is 1. The van der Waals surface area contributed by atoms with Crippen LogP contribution in [0.4, 0.5) is 0 Å². The number of hydrogen-bond donors (Lipinski definition) is 1. The highest BCUT2D eigenvalue weighted by molar-refractivity contribution is 7.99. The fourth-order valence-electron chi connectivity index (χ4n) is 3.35. The maximum atomic E-state index is 12.6. The Balaban J connectivity index is 1.62. The molecule has 4 nitrogen and oxygen atoms in total. The second-order valence-corrected chi connectivity index (χ2v) is 8.63. The van der Waals surface area contributed by atoms with E-state index in [0.717, 1.165) is 33.8 Å². The minimum atomic E-state index is -0.0897. The highest BCUT2D eigenvalue weighted by Gasteiger charge is 2.14. The molecule has 0 saturated carbocycles. The number of benzene rings is 3. The van der Waals surface area contributed by atoms with Crippen molar-refractivity contribution in [1.82, 2.24) is 15.1 Å². The van der Waals surface area contributed by atoms with Crippen molar-refractivity contribution in [2.45, 2.75) is 25.3 Å². The minimum absolute atomic E-state index is 0.0897. The summed E-state index contributed by atoms with van der Waals surface area (Å²) in [5, 5.41) is 7.89. The Kier molecular flexibility index (Phi) is 6.53. The summed E-state index contributed by atoms with van der Waals surface area (Å²) in [6.45, 7) is 4.56. The minimum Gasteiger partial charge on any atom is -0.348 e. The molecule has 0 aliphatic rings. The van der Waals surface area contributed by atoms with Crippen LogP contribution < -0.4 is 5.32 Å². The number of thioether (sulfide) groups is 1. The molecule has 5 heteroatoms. The predicted octanol–water partition coefficient (Wildman–Crippen LogP) is 5.89. The van der Waals surface area contributed by atoms with Gasteiger partial charge in [0.25, 0.3) is 5.91 Å². The maximum absolute atomic E-state index is 12.6. The molecule has 0 saturated heterocycles. The third kappa shape index (κ3) is 5.06. The number of nitrogens with zero attached hydrogens (tertiary/aromatic N) is 2. The molecule has 1 aromatic heterocycles. The monoisotopic (exact) mass is 427 g/mol. The second-order valence-electron chi connectivity index (χ2n) is 7.29. The van der Waals surface area contributed by atoms with Crippen molar-refractivity contribution in [2.24, 2.45) is 0 Å². The van der Waals surface area contributed by atoms with Gasteiger partial charge < -0.3 is 5.32 Å². The fraction of sp³-hybridized carbons (Fsp3) is 0.154. The summed E-state index contributed by atoms with van der Waals surface area (Å²) in [6.07, 6.45) is 1.99. The van der Waals surface area contributed by atoms with E-state index in [9.17, 15) is 4.79 Å². The first kappa shape index (κ1) is 20.9. The molecule has 0 aliphatic heterocycles. The van der Waals surface area contributed by atoms with Gasteiger partial charge in [-0.2, -0.15) is 5.10 Å². The van der Waals surface area contributed by atoms with Crippen LogP contribution in [-0.2, 0) is 6.54 Å². The molecule has 3 aromatic carbocycles. The number of rotatable bonds is 7. The Labute approximate surface area is 187 Å². The summed E-state index contributed by atoms with van der Waals surface area (Å²) in [4.78, 5) is 13.9. The van der Waals surface area contributed by atoms with Crippen molar-refractivity contribution in [3.8, 4) is 16.9 Å². The summed E-state index contributed by atoms with van der Waals surface area (Å²) < 4.78 is 1.87. The smallest absolute Gasteiger partial charge is 0.251 e. The van der Waals surface area contributed by atoms with Crippen LogP contribution in [0, 0.1) is 6.92 Å². The van der Waals surface area contributed by atoms with Crippen LogP contribution in [0.5, 0.6) is 0 Å². The van der Waals surface area contributed by atoms with Gasteiger partial charge in [0.15, 0.2) is 0 Å². The zero-order valence-electron chi connectivity index (χ0n) is 17.7. The van der Waals surface area contributed by atoms with Gasteiger partial charge in [-0.05, 0) is 49.1 Å². The normalized spacial score (nSPS) is 10.8. The van der Waals surface area contributed by atoms with Gasteiger partial charge >= 0.3 is 0 Å². The van der Waals surface area contributed by atoms with Gasteiger partial charge in [0.05, 0.1) is 11.4 Å². The van der Waals surface area contributed by atoms with Crippen LogP contribution in [0.25, 0.3) is 16.9 Å². The topological polar surface area (TPSA) is 46.9 Å². The molecule has 31 heavy (non-hydrogen) atoms. The molecule has 0 bridgehead atoms. The van der Waals surface area contributed by atoms with Crippen LogP contribution in [0.1, 0.15) is 28.4 Å². The van der Waals surface area contributed by atoms with Gasteiger partial charge in [0.2, 0.25) is 0 Å². The summed E-state index contributed by atoms with van der Waals surface area (Å²) in [5.74, 6) is 0.950. The van der Waals surface area contributed by atoms with Crippen molar-refractivity contribution in [2.75, 3.05) is 5.75 Å². The standard InChI is InChI=1S/C26H25N3OS/c1-3-31-24-15-13-20(14-16-24)25-22(18-29(28-25)23-7-5-4-6-8-23)17-27-26(30)21-11-9-19(2)10-12-21/h4-16,18H,3,17H2,1-2H3,(H,27,30). The van der Waals surface area contributed by atoms with E-state index in [1.54, 1.807) is 0 Å². The van der Waals surface area contributed by atoms with Crippen LogP contribution in [-0.4, -0.2) is 21.4 Å². The Morgan fingerprint density at radius 2 is 1.68 bits per heavy atom. The van der Waals surface area contributed by atoms with Crippen LogP contribution in [0.3, 0.4) is 0 Å². The summed E-state index contributed by atoms with van der Waals surface area (Å²) in [7, 11) is 0. The van der Waals surface area contributed by atoms with Gasteiger partial charge in [-0.15, -0.1) is 11.8 Å². The van der Waals surface area contributed by atoms with E-state index in [1.165, 1.54) is 4.90 Å². The number of amides is 1. The Morgan fingerprint density at radius 1 is 0.968 bits per heavy atom. The molecule has 1 N–H and O–H groups in total. The number of aromatic nitrogens is 2. The lowest BCUT2D eigenvalue weighted by Gasteiger charge is -2.07. The quantitative estimate of drug-likeness (QED) is 0.374. The Bertz CT molecular complexity index is 1150. The van der Waals surface area contributed by atoms with E-state index in [0.29, 0.717) is 12.1 Å². The molecule has 0 unspecified atom stereocenters. The number of aryl methyl sites for hydroxylation is 1. The van der Waals surface area contributed by atoms with Gasteiger partial charge in [-0.1, -0.05) is 55.0 Å². The molecule has 1 amide bonds. The van der Waals surface area contributed by atoms with Gasteiger partial charge in [0.1, 0.15) is 0 Å². The van der Waals surface area contributed by atoms with E-state index < -0.39 is 0 Å². The van der Waals surface area contributed by atoms with Crippen LogP contribution in [0.2, 0.25) is 0 Å². The molecule has 4 rings (SSSR count). The summed E-state index contributed by atoms with van der Waals surface area (Å²) in [5.41, 5.74) is 5.66. The number of carbonyl (C=O) groups excluding carboxylic acids is 1. The van der Waals surface area contributed by atoms with Crippen LogP contribution >= 0.6 is 11.8 Å². The largest absolute Gasteiger partial charge is 0.348 e. The van der Waals surface area contributed by atoms with Crippen LogP contribution in [0.15, 0.2) is 90.0 Å². The fourth-order valence-corrected chi connectivity index (χ4v) is 4.02. The number of para-hydroxylation sites is 1. The zero-order chi connectivity index (χ0) is 21.6. The predicted molar refractivity (Wildman–Crippen MR) is 128 cm³/mol. The van der Waals surface area contributed by atoms with Crippen molar-refractivity contribution in [1.29, 1.82) is 0 Å². The third-order valence-corrected chi connectivity index (χ3v) is 5.90. The first-order valence-electron chi connectivity index (χ1n) is 10.4. The summed E-state index contributed by atoms with van der Waals surface area (Å²) >= 11 is 1.82. The lowest BCUT2D eigenvalue weighted by atomic mass is 10.1. The van der Waals surface area contributed by atoms with E-state index >= 15 is 0 Å². The Hall–Kier alpha value is -3.31. The average molecular weight is 428 g/mol. The van der Waals surface area contributed by atoms with Gasteiger partial charge in [-0.3, -0.25) is 4.79 Å². The Morgan fingerprint density at radius 3 is 2.35 bits per heavy atom. The van der Waals surface area contributed by atoms with E-state index in [-0.39, 0.29) is 5.91 Å². The van der Waals surface area contributed by atoms with Crippen molar-refractivity contribution >= 4 is 17.7 Å². The molecule has 4 aromatic rings. The molecular weight excluding hydrogens is 402 g/mol. The molecule has 0 radical (unpaired) electrons. The van der Waals surface area contributed by atoms with Crippen molar-refractivity contribution in [3.63, 3.8) is 0 Å². The van der Waals surface area contributed by atoms with E-state index in [1.807, 2.05) is 84.2 Å². The SMILES string of the molecule is CCSc1ccc(-c2nn(-c3ccccc3)cc2CNC(=O)c2ccc(C)cc2)cc1. The number of hydrogen-bond acceptors (Lipinski definition) is 3. The molecule has 0 fully saturated rings. The van der Waals surface area contributed by atoms with Crippen molar-refractivity contribution < 1.29 is 4.79 Å². The molecule has 0 aliphatic carbocycles.